The summed E-state index contributed by atoms with van der Waals surface area (Å²) in [5.74, 6) is 0. The van der Waals surface area contributed by atoms with Gasteiger partial charge in [0.1, 0.15) is 15.4 Å². The van der Waals surface area contributed by atoms with Crippen LogP contribution in [0.15, 0.2) is 16.7 Å². The Hall–Kier alpha value is -0.610. The molecule has 0 aromatic carbocycles. The number of nitrogens with zero attached hydrogens (tertiary/aromatic N) is 3. The molecule has 0 aliphatic carbocycles. The number of rotatable bonds is 0. The molecular weight excluding hydrogens is 393 g/mol. The molecular formula is C12H11BrIN3. The lowest BCUT2D eigenvalue weighted by molar-refractivity contribution is 0.400. The van der Waals surface area contributed by atoms with Gasteiger partial charge in [-0.3, -0.25) is 0 Å². The molecule has 0 saturated carbocycles. The van der Waals surface area contributed by atoms with E-state index >= 15 is 0 Å². The van der Waals surface area contributed by atoms with Crippen molar-refractivity contribution in [2.24, 2.45) is 0 Å². The number of aromatic nitrogens is 2. The number of fused-ring (bicyclic) bond motifs is 1. The van der Waals surface area contributed by atoms with Crippen LogP contribution < -0.4 is 0 Å². The molecule has 0 aliphatic heterocycles. The van der Waals surface area contributed by atoms with E-state index in [1.807, 2.05) is 6.07 Å². The maximum Gasteiger partial charge on any atom is 0.142 e. The van der Waals surface area contributed by atoms with E-state index in [0.717, 1.165) is 19.2 Å². The molecule has 3 nitrogen and oxygen atoms in total. The Kier molecular flexibility index (Phi) is 3.21. The van der Waals surface area contributed by atoms with Gasteiger partial charge in [-0.1, -0.05) is 0 Å². The zero-order valence-corrected chi connectivity index (χ0v) is 13.5. The van der Waals surface area contributed by atoms with Crippen LogP contribution in [0.25, 0.3) is 11.0 Å². The lowest BCUT2D eigenvalue weighted by Crippen LogP contribution is -2.23. The second-order valence-corrected chi connectivity index (χ2v) is 6.75. The van der Waals surface area contributed by atoms with Gasteiger partial charge in [0.05, 0.1) is 5.56 Å². The van der Waals surface area contributed by atoms with Crippen LogP contribution in [-0.4, -0.2) is 9.55 Å². The zero-order chi connectivity index (χ0) is 12.8. The van der Waals surface area contributed by atoms with Crippen molar-refractivity contribution in [2.45, 2.75) is 26.3 Å². The highest BCUT2D eigenvalue weighted by atomic mass is 127. The SMILES string of the molecule is CC(C)(C)n1c(I)c(C#N)c2cc(Br)cnc21. The quantitative estimate of drug-likeness (QED) is 0.623. The average Bonchev–Trinajstić information content (AvgIpc) is 2.48. The first-order chi connectivity index (χ1) is 7.86. The van der Waals surface area contributed by atoms with Gasteiger partial charge in [-0.15, -0.1) is 0 Å². The van der Waals surface area contributed by atoms with Crippen molar-refractivity contribution in [2.75, 3.05) is 0 Å². The number of pyridine rings is 1. The van der Waals surface area contributed by atoms with Gasteiger partial charge < -0.3 is 4.57 Å². The smallest absolute Gasteiger partial charge is 0.142 e. The van der Waals surface area contributed by atoms with Crippen molar-refractivity contribution >= 4 is 49.6 Å². The van der Waals surface area contributed by atoms with Crippen LogP contribution in [0.4, 0.5) is 0 Å². The van der Waals surface area contributed by atoms with Gasteiger partial charge in [0.2, 0.25) is 0 Å². The molecule has 0 amide bonds. The standard InChI is InChI=1S/C12H11BrIN3/c1-12(2,3)17-10(14)9(5-15)8-4-7(13)6-16-11(8)17/h4,6H,1-3H3. The molecule has 0 saturated heterocycles. The van der Waals surface area contributed by atoms with Gasteiger partial charge in [-0.25, -0.2) is 4.98 Å². The van der Waals surface area contributed by atoms with E-state index in [4.69, 9.17) is 0 Å². The number of hydrogen-bond acceptors (Lipinski definition) is 2. The van der Waals surface area contributed by atoms with Crippen molar-refractivity contribution in [3.63, 3.8) is 0 Å². The molecule has 0 atom stereocenters. The fraction of sp³-hybridized carbons (Fsp3) is 0.333. The van der Waals surface area contributed by atoms with E-state index in [-0.39, 0.29) is 5.54 Å². The van der Waals surface area contributed by atoms with E-state index in [9.17, 15) is 5.26 Å². The Balaban J connectivity index is 2.96. The maximum absolute atomic E-state index is 9.28. The molecule has 2 heterocycles. The first kappa shape index (κ1) is 12.8. The van der Waals surface area contributed by atoms with Crippen molar-refractivity contribution in [1.82, 2.24) is 9.55 Å². The van der Waals surface area contributed by atoms with Crippen LogP contribution in [0.3, 0.4) is 0 Å². The Bertz CT molecular complexity index is 632. The fourth-order valence-electron chi connectivity index (χ4n) is 1.83. The first-order valence-corrected chi connectivity index (χ1v) is 6.99. The third-order valence-electron chi connectivity index (χ3n) is 2.50. The third kappa shape index (κ3) is 2.08. The molecule has 0 fully saturated rings. The van der Waals surface area contributed by atoms with Crippen LogP contribution in [0.2, 0.25) is 0 Å². The average molecular weight is 404 g/mol. The summed E-state index contributed by atoms with van der Waals surface area (Å²) >= 11 is 5.61. The Labute approximate surface area is 122 Å². The topological polar surface area (TPSA) is 41.6 Å². The molecule has 88 valence electrons. The first-order valence-electron chi connectivity index (χ1n) is 5.12. The van der Waals surface area contributed by atoms with Crippen LogP contribution in [0.5, 0.6) is 0 Å². The summed E-state index contributed by atoms with van der Waals surface area (Å²) in [6.45, 7) is 6.33. The molecule has 0 unspecified atom stereocenters. The molecule has 2 rings (SSSR count). The highest BCUT2D eigenvalue weighted by molar-refractivity contribution is 14.1. The second kappa shape index (κ2) is 4.25. The summed E-state index contributed by atoms with van der Waals surface area (Å²) in [7, 11) is 0. The minimum Gasteiger partial charge on any atom is -0.314 e. The summed E-state index contributed by atoms with van der Waals surface area (Å²) in [6.07, 6.45) is 1.77. The van der Waals surface area contributed by atoms with E-state index in [1.54, 1.807) is 6.20 Å². The molecule has 17 heavy (non-hydrogen) atoms. The molecule has 0 aliphatic rings. The van der Waals surface area contributed by atoms with E-state index in [2.05, 4.69) is 74.9 Å². The van der Waals surface area contributed by atoms with Crippen LogP contribution in [-0.2, 0) is 5.54 Å². The number of halogens is 2. The lowest BCUT2D eigenvalue weighted by atomic mass is 10.1. The molecule has 5 heteroatoms. The Morgan fingerprint density at radius 2 is 2.12 bits per heavy atom. The summed E-state index contributed by atoms with van der Waals surface area (Å²) < 4.78 is 3.94. The summed E-state index contributed by atoms with van der Waals surface area (Å²) in [6, 6.07) is 4.22. The molecule has 0 N–H and O–H groups in total. The van der Waals surface area contributed by atoms with Gasteiger partial charge in [-0.2, -0.15) is 5.26 Å². The number of hydrogen-bond donors (Lipinski definition) is 0. The highest BCUT2D eigenvalue weighted by Gasteiger charge is 2.24. The van der Waals surface area contributed by atoms with Gasteiger partial charge in [0, 0.05) is 21.6 Å². The molecule has 2 aromatic heterocycles. The minimum absolute atomic E-state index is 0.0926. The normalized spacial score (nSPS) is 11.8. The largest absolute Gasteiger partial charge is 0.314 e. The monoisotopic (exact) mass is 403 g/mol. The van der Waals surface area contributed by atoms with Crippen LogP contribution in [0, 0.1) is 15.0 Å². The van der Waals surface area contributed by atoms with Gasteiger partial charge in [-0.05, 0) is 65.4 Å². The third-order valence-corrected chi connectivity index (χ3v) is 3.96. The summed E-state index contributed by atoms with van der Waals surface area (Å²) in [4.78, 5) is 4.44. The van der Waals surface area contributed by atoms with E-state index in [1.165, 1.54) is 0 Å². The van der Waals surface area contributed by atoms with Gasteiger partial charge >= 0.3 is 0 Å². The Morgan fingerprint density at radius 1 is 1.47 bits per heavy atom. The molecule has 0 spiro atoms. The van der Waals surface area contributed by atoms with Crippen molar-refractivity contribution in [1.29, 1.82) is 5.26 Å². The van der Waals surface area contributed by atoms with Gasteiger partial charge in [0.25, 0.3) is 0 Å². The van der Waals surface area contributed by atoms with Crippen molar-refractivity contribution < 1.29 is 0 Å². The molecule has 2 aromatic rings. The zero-order valence-electron chi connectivity index (χ0n) is 9.75. The van der Waals surface area contributed by atoms with Crippen molar-refractivity contribution in [3.05, 3.63) is 26.0 Å². The van der Waals surface area contributed by atoms with Crippen LogP contribution >= 0.6 is 38.5 Å². The Morgan fingerprint density at radius 3 is 2.65 bits per heavy atom. The van der Waals surface area contributed by atoms with E-state index in [0.29, 0.717) is 5.56 Å². The predicted molar refractivity (Wildman–Crippen MR) is 79.9 cm³/mol. The highest BCUT2D eigenvalue weighted by Crippen LogP contribution is 2.32. The van der Waals surface area contributed by atoms with Gasteiger partial charge in [0.15, 0.2) is 0 Å². The summed E-state index contributed by atoms with van der Waals surface area (Å²) in [5, 5.41) is 10.2. The molecule has 0 bridgehead atoms. The second-order valence-electron chi connectivity index (χ2n) is 4.81. The minimum atomic E-state index is -0.0926. The molecule has 0 radical (unpaired) electrons. The lowest BCUT2D eigenvalue weighted by Gasteiger charge is -2.23. The maximum atomic E-state index is 9.28. The summed E-state index contributed by atoms with van der Waals surface area (Å²) in [5.41, 5.74) is 1.47. The number of nitriles is 1. The van der Waals surface area contributed by atoms with Crippen molar-refractivity contribution in [3.8, 4) is 6.07 Å². The predicted octanol–water partition coefficient (Wildman–Crippen LogP) is 4.03. The fourth-order valence-corrected chi connectivity index (χ4v) is 3.52. The van der Waals surface area contributed by atoms with E-state index < -0.39 is 0 Å². The van der Waals surface area contributed by atoms with Crippen LogP contribution in [0.1, 0.15) is 26.3 Å².